The zero-order chi connectivity index (χ0) is 17.8. The molecule has 5 nitrogen and oxygen atoms in total. The van der Waals surface area contributed by atoms with Crippen molar-refractivity contribution in [1.29, 1.82) is 0 Å². The van der Waals surface area contributed by atoms with Gasteiger partial charge < -0.3 is 14.5 Å². The molecule has 3 rings (SSSR count). The number of anilines is 1. The molecule has 0 aliphatic heterocycles. The Hall–Kier alpha value is -2.60. The minimum absolute atomic E-state index is 0.140. The first-order valence-corrected chi connectivity index (χ1v) is 8.59. The summed E-state index contributed by atoms with van der Waals surface area (Å²) < 4.78 is 11.7. The van der Waals surface area contributed by atoms with Gasteiger partial charge in [0.1, 0.15) is 11.3 Å². The Morgan fingerprint density at radius 3 is 2.64 bits per heavy atom. The van der Waals surface area contributed by atoms with Gasteiger partial charge in [-0.05, 0) is 48.4 Å². The summed E-state index contributed by atoms with van der Waals surface area (Å²) in [6, 6.07) is 14.0. The number of carbonyl (C=O) groups excluding carboxylic acids is 1. The van der Waals surface area contributed by atoms with Crippen molar-refractivity contribution in [3.63, 3.8) is 0 Å². The first-order valence-electron chi connectivity index (χ1n) is 7.80. The number of nitrogens with one attached hydrogen (secondary N) is 1. The Bertz CT molecular complexity index is 963. The zero-order valence-corrected chi connectivity index (χ0v) is 15.1. The molecule has 0 aliphatic rings. The highest BCUT2D eigenvalue weighted by atomic mass is 79.9. The van der Waals surface area contributed by atoms with E-state index in [1.54, 1.807) is 24.3 Å². The Kier molecular flexibility index (Phi) is 5.19. The number of ether oxygens (including phenoxy) is 1. The lowest BCUT2D eigenvalue weighted by atomic mass is 10.1. The van der Waals surface area contributed by atoms with Gasteiger partial charge >= 0.3 is 5.63 Å². The summed E-state index contributed by atoms with van der Waals surface area (Å²) in [6.07, 6.45) is 0.734. The molecule has 25 heavy (non-hydrogen) atoms. The van der Waals surface area contributed by atoms with Gasteiger partial charge in [-0.25, -0.2) is 4.79 Å². The van der Waals surface area contributed by atoms with E-state index in [1.807, 2.05) is 25.1 Å². The predicted molar refractivity (Wildman–Crippen MR) is 100 cm³/mol. The molecule has 3 aromatic rings. The summed E-state index contributed by atoms with van der Waals surface area (Å²) in [4.78, 5) is 23.6. The Morgan fingerprint density at radius 1 is 1.16 bits per heavy atom. The molecule has 0 spiro atoms. The van der Waals surface area contributed by atoms with Gasteiger partial charge in [0, 0.05) is 27.7 Å². The van der Waals surface area contributed by atoms with Crippen molar-refractivity contribution in [2.45, 2.75) is 13.3 Å². The van der Waals surface area contributed by atoms with Crippen molar-refractivity contribution < 1.29 is 13.9 Å². The number of rotatable bonds is 5. The molecule has 0 radical (unpaired) electrons. The maximum atomic E-state index is 12.0. The molecule has 1 aromatic heterocycles. The number of hydrogen-bond donors (Lipinski definition) is 1. The molecule has 0 aliphatic carbocycles. The number of fused-ring (bicyclic) bond motifs is 1. The summed E-state index contributed by atoms with van der Waals surface area (Å²) >= 11 is 3.34. The molecule has 2 aromatic carbocycles. The van der Waals surface area contributed by atoms with Crippen LogP contribution in [-0.2, 0) is 11.2 Å². The molecule has 0 fully saturated rings. The lowest BCUT2D eigenvalue weighted by Gasteiger charge is -2.09. The largest absolute Gasteiger partial charge is 0.484 e. The van der Waals surface area contributed by atoms with Gasteiger partial charge in [0.2, 0.25) is 0 Å². The summed E-state index contributed by atoms with van der Waals surface area (Å²) in [5.41, 5.74) is 1.67. The molecule has 0 atom stereocenters. The van der Waals surface area contributed by atoms with Crippen LogP contribution in [0.15, 0.2) is 62.2 Å². The van der Waals surface area contributed by atoms with Gasteiger partial charge in [-0.2, -0.15) is 0 Å². The highest BCUT2D eigenvalue weighted by Gasteiger charge is 2.08. The van der Waals surface area contributed by atoms with Crippen LogP contribution in [-0.4, -0.2) is 12.5 Å². The Morgan fingerprint density at radius 2 is 1.92 bits per heavy atom. The third-order valence-corrected chi connectivity index (χ3v) is 4.21. The minimum atomic E-state index is -0.394. The topological polar surface area (TPSA) is 68.5 Å². The SMILES string of the molecule is CCc1cc(=O)oc2cc(OCC(=O)Nc3ccc(Br)cc3)ccc12. The molecule has 0 saturated carbocycles. The second kappa shape index (κ2) is 7.53. The predicted octanol–water partition coefficient (Wildman–Crippen LogP) is 4.14. The van der Waals surface area contributed by atoms with E-state index in [9.17, 15) is 9.59 Å². The van der Waals surface area contributed by atoms with Gasteiger partial charge in [0.05, 0.1) is 0 Å². The van der Waals surface area contributed by atoms with E-state index in [-0.39, 0.29) is 12.5 Å². The lowest BCUT2D eigenvalue weighted by Crippen LogP contribution is -2.20. The quantitative estimate of drug-likeness (QED) is 0.652. The molecular formula is C19H16BrNO4. The molecule has 1 amide bonds. The number of hydrogen-bond acceptors (Lipinski definition) is 4. The minimum Gasteiger partial charge on any atom is -0.484 e. The standard InChI is InChI=1S/C19H16BrNO4/c1-2-12-9-19(23)25-17-10-15(7-8-16(12)17)24-11-18(22)21-14-5-3-13(20)4-6-14/h3-10H,2,11H2,1H3,(H,21,22). The van der Waals surface area contributed by atoms with E-state index in [4.69, 9.17) is 9.15 Å². The number of amides is 1. The van der Waals surface area contributed by atoms with Gasteiger partial charge in [-0.15, -0.1) is 0 Å². The molecule has 1 heterocycles. The number of halogens is 1. The van der Waals surface area contributed by atoms with Crippen LogP contribution in [0.1, 0.15) is 12.5 Å². The maximum Gasteiger partial charge on any atom is 0.336 e. The maximum absolute atomic E-state index is 12.0. The number of benzene rings is 2. The van der Waals surface area contributed by atoms with Crippen molar-refractivity contribution >= 4 is 38.5 Å². The second-order valence-corrected chi connectivity index (χ2v) is 6.36. The van der Waals surface area contributed by atoms with E-state index in [0.29, 0.717) is 17.0 Å². The van der Waals surface area contributed by atoms with Crippen molar-refractivity contribution in [2.75, 3.05) is 11.9 Å². The highest BCUT2D eigenvalue weighted by Crippen LogP contribution is 2.23. The average molecular weight is 402 g/mol. The summed E-state index contributed by atoms with van der Waals surface area (Å²) in [5.74, 6) is 0.195. The normalized spacial score (nSPS) is 10.6. The van der Waals surface area contributed by atoms with Gasteiger partial charge in [-0.3, -0.25) is 4.79 Å². The van der Waals surface area contributed by atoms with Crippen molar-refractivity contribution in [3.8, 4) is 5.75 Å². The van der Waals surface area contributed by atoms with Crippen LogP contribution in [0.5, 0.6) is 5.75 Å². The van der Waals surface area contributed by atoms with Crippen LogP contribution in [0.25, 0.3) is 11.0 Å². The van der Waals surface area contributed by atoms with E-state index in [0.717, 1.165) is 21.8 Å². The Labute approximate surface area is 152 Å². The second-order valence-electron chi connectivity index (χ2n) is 5.45. The molecule has 0 saturated heterocycles. The highest BCUT2D eigenvalue weighted by molar-refractivity contribution is 9.10. The van der Waals surface area contributed by atoms with Gasteiger partial charge in [-0.1, -0.05) is 22.9 Å². The molecule has 6 heteroatoms. The summed E-state index contributed by atoms with van der Waals surface area (Å²) in [6.45, 7) is 1.84. The van der Waals surface area contributed by atoms with Crippen LogP contribution in [0.4, 0.5) is 5.69 Å². The van der Waals surface area contributed by atoms with E-state index >= 15 is 0 Å². The summed E-state index contributed by atoms with van der Waals surface area (Å²) in [5, 5.41) is 3.61. The fourth-order valence-corrected chi connectivity index (χ4v) is 2.74. The fraction of sp³-hybridized carbons (Fsp3) is 0.158. The molecule has 0 unspecified atom stereocenters. The Balaban J connectivity index is 1.69. The van der Waals surface area contributed by atoms with E-state index < -0.39 is 5.63 Å². The van der Waals surface area contributed by atoms with Gasteiger partial charge in [0.25, 0.3) is 5.91 Å². The first kappa shape index (κ1) is 17.2. The number of aryl methyl sites for hydroxylation is 1. The van der Waals surface area contributed by atoms with Crippen LogP contribution >= 0.6 is 15.9 Å². The molecule has 1 N–H and O–H groups in total. The van der Waals surface area contributed by atoms with Crippen molar-refractivity contribution in [2.24, 2.45) is 0 Å². The molecule has 128 valence electrons. The molecular weight excluding hydrogens is 386 g/mol. The van der Waals surface area contributed by atoms with Crippen LogP contribution in [0.2, 0.25) is 0 Å². The lowest BCUT2D eigenvalue weighted by molar-refractivity contribution is -0.118. The molecule has 0 bridgehead atoms. The van der Waals surface area contributed by atoms with E-state index in [1.165, 1.54) is 6.07 Å². The van der Waals surface area contributed by atoms with Crippen LogP contribution < -0.4 is 15.7 Å². The van der Waals surface area contributed by atoms with Crippen LogP contribution in [0, 0.1) is 0 Å². The van der Waals surface area contributed by atoms with Crippen molar-refractivity contribution in [3.05, 3.63) is 69.0 Å². The average Bonchev–Trinajstić information content (AvgIpc) is 2.60. The van der Waals surface area contributed by atoms with Crippen molar-refractivity contribution in [1.82, 2.24) is 0 Å². The smallest absolute Gasteiger partial charge is 0.336 e. The summed E-state index contributed by atoms with van der Waals surface area (Å²) in [7, 11) is 0. The van der Waals surface area contributed by atoms with Gasteiger partial charge in [0.15, 0.2) is 6.61 Å². The monoisotopic (exact) mass is 401 g/mol. The zero-order valence-electron chi connectivity index (χ0n) is 13.5. The first-order chi connectivity index (χ1) is 12.0. The third-order valence-electron chi connectivity index (χ3n) is 3.68. The van der Waals surface area contributed by atoms with E-state index in [2.05, 4.69) is 21.2 Å². The fourth-order valence-electron chi connectivity index (χ4n) is 2.47. The van der Waals surface area contributed by atoms with Crippen LogP contribution in [0.3, 0.4) is 0 Å². The number of carbonyl (C=O) groups is 1. The third kappa shape index (κ3) is 4.28.